The number of carbonyl (C=O) groups excluding carboxylic acids is 1. The van der Waals surface area contributed by atoms with Gasteiger partial charge in [0.1, 0.15) is 13.2 Å². The Bertz CT molecular complexity index is 1150. The highest BCUT2D eigenvalue weighted by Gasteiger charge is 2.24. The number of likely N-dealkylation sites (N-methyl/N-ethyl adjacent to an activating group) is 1. The van der Waals surface area contributed by atoms with Crippen LogP contribution in [0.4, 0.5) is 0 Å². The molecule has 3 atom stereocenters. The maximum atomic E-state index is 12.7. The summed E-state index contributed by atoms with van der Waals surface area (Å²) >= 11 is 0. The molecule has 0 saturated carbocycles. The Morgan fingerprint density at radius 2 is 0.984 bits per heavy atom. The number of rotatable bonds is 47. The van der Waals surface area contributed by atoms with Gasteiger partial charge in [-0.1, -0.05) is 223 Å². The number of allylic oxidation sites excluding steroid dienone is 8. The lowest BCUT2D eigenvalue weighted by Gasteiger charge is -2.30. The summed E-state index contributed by atoms with van der Waals surface area (Å²) in [4.78, 5) is 25.0. The Morgan fingerprint density at radius 1 is 0.581 bits per heavy atom. The standard InChI is InChI=1S/C53H101N2O6P/c1-6-8-10-11-12-13-14-15-16-17-18-19-20-21-22-23-24-25-26-27-28-29-30-31-32-33-34-35-36-37-38-39-40-41-42-43-45-47-53(57)54-51(52(56)46-44-9-7-2)50-61-62(58,59)60-49-48-55(3,4)5/h8,10,12-13,15-16,18-19,51-52,56H,6-7,9,11,14,17,20-50H2,1-5H3,(H-,54,57,58,59)/b10-8-,13-12-,16-15-,19-18-. The van der Waals surface area contributed by atoms with Gasteiger partial charge in [0.15, 0.2) is 0 Å². The van der Waals surface area contributed by atoms with Crippen molar-refractivity contribution in [1.82, 2.24) is 5.32 Å². The SMILES string of the molecule is CC/C=C\C/C=C\C/C=C\C/C=C\CCCCCCCCCCCCCCCCCCCCCCCCCCC(=O)NC(COP(=O)([O-])OCC[N+](C)(C)C)C(O)CCCCC. The van der Waals surface area contributed by atoms with Gasteiger partial charge in [-0.15, -0.1) is 0 Å². The van der Waals surface area contributed by atoms with Crippen LogP contribution in [-0.4, -0.2) is 68.5 Å². The molecule has 364 valence electrons. The molecule has 0 fully saturated rings. The van der Waals surface area contributed by atoms with E-state index in [9.17, 15) is 19.4 Å². The summed E-state index contributed by atoms with van der Waals surface area (Å²) in [6, 6.07) is -0.794. The molecule has 9 heteroatoms. The zero-order valence-corrected chi connectivity index (χ0v) is 42.2. The number of hydrogen-bond donors (Lipinski definition) is 2. The van der Waals surface area contributed by atoms with E-state index in [1.807, 2.05) is 21.1 Å². The summed E-state index contributed by atoms with van der Waals surface area (Å²) in [5.41, 5.74) is 0. The van der Waals surface area contributed by atoms with Crippen molar-refractivity contribution in [3.8, 4) is 0 Å². The highest BCUT2D eigenvalue weighted by molar-refractivity contribution is 7.45. The van der Waals surface area contributed by atoms with Crippen molar-refractivity contribution in [3.05, 3.63) is 48.6 Å². The number of aliphatic hydroxyl groups excluding tert-OH is 1. The number of amides is 1. The van der Waals surface area contributed by atoms with Gasteiger partial charge in [-0.25, -0.2) is 0 Å². The Hall–Kier alpha value is -1.54. The normalized spacial score (nSPS) is 14.5. The molecule has 0 aliphatic rings. The van der Waals surface area contributed by atoms with Crippen LogP contribution in [0.2, 0.25) is 0 Å². The molecule has 0 spiro atoms. The molecular weight excluding hydrogens is 792 g/mol. The topological polar surface area (TPSA) is 108 Å². The number of hydrogen-bond acceptors (Lipinski definition) is 6. The number of carbonyl (C=O) groups is 1. The van der Waals surface area contributed by atoms with E-state index in [0.29, 0.717) is 23.9 Å². The van der Waals surface area contributed by atoms with E-state index < -0.39 is 20.0 Å². The van der Waals surface area contributed by atoms with Crippen molar-refractivity contribution >= 4 is 13.7 Å². The molecule has 0 bridgehead atoms. The fourth-order valence-electron chi connectivity index (χ4n) is 7.50. The first kappa shape index (κ1) is 60.5. The van der Waals surface area contributed by atoms with E-state index in [-0.39, 0.29) is 19.1 Å². The van der Waals surface area contributed by atoms with Crippen LogP contribution in [0.15, 0.2) is 48.6 Å². The summed E-state index contributed by atoms with van der Waals surface area (Å²) < 4.78 is 23.0. The fourth-order valence-corrected chi connectivity index (χ4v) is 8.23. The largest absolute Gasteiger partial charge is 0.756 e. The fraction of sp³-hybridized carbons (Fsp3) is 0.830. The summed E-state index contributed by atoms with van der Waals surface area (Å²) in [6.07, 6.45) is 58.3. The molecule has 0 aromatic rings. The quantitative estimate of drug-likeness (QED) is 0.0273. The molecule has 0 saturated heterocycles. The van der Waals surface area contributed by atoms with Gasteiger partial charge in [0.05, 0.1) is 39.9 Å². The average molecular weight is 893 g/mol. The first-order valence-corrected chi connectivity index (χ1v) is 27.4. The van der Waals surface area contributed by atoms with Crippen LogP contribution in [0.5, 0.6) is 0 Å². The Morgan fingerprint density at radius 3 is 1.40 bits per heavy atom. The molecule has 62 heavy (non-hydrogen) atoms. The first-order chi connectivity index (χ1) is 30.0. The Balaban J connectivity index is 3.63. The third-order valence-corrected chi connectivity index (χ3v) is 12.5. The molecule has 0 heterocycles. The number of aliphatic hydroxyl groups is 1. The minimum atomic E-state index is -4.54. The molecule has 0 aliphatic carbocycles. The second kappa shape index (κ2) is 44.7. The second-order valence-electron chi connectivity index (χ2n) is 18.9. The van der Waals surface area contributed by atoms with Crippen molar-refractivity contribution in [1.29, 1.82) is 0 Å². The molecule has 0 radical (unpaired) electrons. The number of quaternary nitrogens is 1. The predicted molar refractivity (Wildman–Crippen MR) is 265 cm³/mol. The Kier molecular flexibility index (Phi) is 43.5. The first-order valence-electron chi connectivity index (χ1n) is 26.0. The minimum absolute atomic E-state index is 0.0115. The molecule has 0 rings (SSSR count). The van der Waals surface area contributed by atoms with E-state index in [0.717, 1.165) is 64.2 Å². The van der Waals surface area contributed by atoms with Gasteiger partial charge in [-0.2, -0.15) is 0 Å². The summed E-state index contributed by atoms with van der Waals surface area (Å²) in [7, 11) is 1.30. The lowest BCUT2D eigenvalue weighted by atomic mass is 10.0. The van der Waals surface area contributed by atoms with Crippen molar-refractivity contribution in [2.45, 2.75) is 244 Å². The monoisotopic (exact) mass is 893 g/mol. The molecule has 2 N–H and O–H groups in total. The third-order valence-electron chi connectivity index (χ3n) is 11.6. The molecular formula is C53H101N2O6P. The lowest BCUT2D eigenvalue weighted by Crippen LogP contribution is -2.46. The van der Waals surface area contributed by atoms with Gasteiger partial charge in [0.2, 0.25) is 5.91 Å². The summed E-state index contributed by atoms with van der Waals surface area (Å²) in [6.45, 7) is 4.44. The molecule has 3 unspecified atom stereocenters. The maximum Gasteiger partial charge on any atom is 0.268 e. The number of unbranched alkanes of at least 4 members (excludes halogenated alkanes) is 26. The second-order valence-corrected chi connectivity index (χ2v) is 20.3. The number of nitrogens with zero attached hydrogens (tertiary/aromatic N) is 1. The number of nitrogens with one attached hydrogen (secondary N) is 1. The molecule has 0 aromatic carbocycles. The van der Waals surface area contributed by atoms with Gasteiger partial charge >= 0.3 is 0 Å². The predicted octanol–water partition coefficient (Wildman–Crippen LogP) is 14.6. The average Bonchev–Trinajstić information content (AvgIpc) is 3.23. The third kappa shape index (κ3) is 46.5. The van der Waals surface area contributed by atoms with Crippen LogP contribution >= 0.6 is 7.82 Å². The van der Waals surface area contributed by atoms with Gasteiger partial charge in [0.25, 0.3) is 7.82 Å². The highest BCUT2D eigenvalue weighted by Crippen LogP contribution is 2.38. The number of phosphoric ester groups is 1. The molecule has 0 aromatic heterocycles. The van der Waals surface area contributed by atoms with Gasteiger partial charge < -0.3 is 28.8 Å². The van der Waals surface area contributed by atoms with E-state index in [1.54, 1.807) is 0 Å². The zero-order valence-electron chi connectivity index (χ0n) is 41.3. The smallest absolute Gasteiger partial charge is 0.268 e. The number of phosphoric acid groups is 1. The summed E-state index contributed by atoms with van der Waals surface area (Å²) in [5, 5.41) is 13.6. The zero-order chi connectivity index (χ0) is 45.7. The van der Waals surface area contributed by atoms with E-state index in [4.69, 9.17) is 9.05 Å². The molecule has 1 amide bonds. The van der Waals surface area contributed by atoms with Crippen LogP contribution in [-0.2, 0) is 18.4 Å². The van der Waals surface area contributed by atoms with Crippen LogP contribution in [0.25, 0.3) is 0 Å². The van der Waals surface area contributed by atoms with Gasteiger partial charge in [0, 0.05) is 6.42 Å². The maximum absolute atomic E-state index is 12.7. The van der Waals surface area contributed by atoms with E-state index >= 15 is 0 Å². The Labute approximate surface area is 384 Å². The molecule has 0 aliphatic heterocycles. The van der Waals surface area contributed by atoms with Crippen LogP contribution in [0.3, 0.4) is 0 Å². The molecule has 8 nitrogen and oxygen atoms in total. The highest BCUT2D eigenvalue weighted by atomic mass is 31.2. The van der Waals surface area contributed by atoms with Crippen molar-refractivity contribution < 1.29 is 32.9 Å². The van der Waals surface area contributed by atoms with E-state index in [1.165, 1.54) is 141 Å². The van der Waals surface area contributed by atoms with Crippen LogP contribution < -0.4 is 10.2 Å². The van der Waals surface area contributed by atoms with Crippen molar-refractivity contribution in [2.75, 3.05) is 40.9 Å². The summed E-state index contributed by atoms with van der Waals surface area (Å²) in [5.74, 6) is -0.174. The van der Waals surface area contributed by atoms with Crippen LogP contribution in [0, 0.1) is 0 Å². The van der Waals surface area contributed by atoms with E-state index in [2.05, 4.69) is 67.8 Å². The van der Waals surface area contributed by atoms with Crippen LogP contribution in [0.1, 0.15) is 232 Å². The van der Waals surface area contributed by atoms with Gasteiger partial charge in [-0.3, -0.25) is 9.36 Å². The van der Waals surface area contributed by atoms with Crippen molar-refractivity contribution in [2.24, 2.45) is 0 Å². The van der Waals surface area contributed by atoms with Gasteiger partial charge in [-0.05, 0) is 51.4 Å². The minimum Gasteiger partial charge on any atom is -0.756 e. The van der Waals surface area contributed by atoms with Crippen molar-refractivity contribution in [3.63, 3.8) is 0 Å². The lowest BCUT2D eigenvalue weighted by molar-refractivity contribution is -0.870.